The molecule has 1 saturated heterocycles. The zero-order chi connectivity index (χ0) is 20.6. The summed E-state index contributed by atoms with van der Waals surface area (Å²) in [5.41, 5.74) is -0.161. The third kappa shape index (κ3) is 4.49. The van der Waals surface area contributed by atoms with Crippen LogP contribution in [0.25, 0.3) is 0 Å². The summed E-state index contributed by atoms with van der Waals surface area (Å²) in [6.45, 7) is 6.60. The maximum absolute atomic E-state index is 12.2. The summed E-state index contributed by atoms with van der Waals surface area (Å²) in [5, 5.41) is 9.12. The predicted molar refractivity (Wildman–Crippen MR) is 106 cm³/mol. The van der Waals surface area contributed by atoms with Crippen LogP contribution in [0.4, 0.5) is 4.79 Å². The molecule has 1 aliphatic carbocycles. The molecule has 1 N–H and O–H groups in total. The van der Waals surface area contributed by atoms with Crippen molar-refractivity contribution in [3.8, 4) is 0 Å². The highest BCUT2D eigenvalue weighted by Gasteiger charge is 2.52. The van der Waals surface area contributed by atoms with Gasteiger partial charge in [-0.15, -0.1) is 0 Å². The van der Waals surface area contributed by atoms with E-state index in [0.29, 0.717) is 25.9 Å². The van der Waals surface area contributed by atoms with Gasteiger partial charge in [-0.2, -0.15) is 0 Å². The smallest absolute Gasteiger partial charge is 0.410 e. The number of pyridine rings is 1. The van der Waals surface area contributed by atoms with Crippen molar-refractivity contribution in [2.45, 2.75) is 57.7 Å². The number of halogens is 1. The number of aliphatic carboxylic acids is 1. The van der Waals surface area contributed by atoms with Gasteiger partial charge in [0.25, 0.3) is 0 Å². The molecular weight excluding hydrogens is 428 g/mol. The minimum Gasteiger partial charge on any atom is -0.480 e. The number of rotatable bonds is 4. The van der Waals surface area contributed by atoms with Gasteiger partial charge in [0.2, 0.25) is 0 Å². The van der Waals surface area contributed by atoms with Gasteiger partial charge >= 0.3 is 12.1 Å². The number of hydrogen-bond acceptors (Lipinski definition) is 5. The number of likely N-dealkylation sites (tertiary alicyclic amines) is 1. The van der Waals surface area contributed by atoms with Gasteiger partial charge in [-0.25, -0.2) is 9.59 Å². The van der Waals surface area contributed by atoms with Gasteiger partial charge in [-0.05, 0) is 68.5 Å². The number of aromatic nitrogens is 1. The van der Waals surface area contributed by atoms with Crippen LogP contribution in [-0.4, -0.2) is 52.4 Å². The Balaban J connectivity index is 1.68. The zero-order valence-electron chi connectivity index (χ0n) is 16.5. The first-order valence-electron chi connectivity index (χ1n) is 9.48. The summed E-state index contributed by atoms with van der Waals surface area (Å²) in [5.74, 6) is -0.982. The van der Waals surface area contributed by atoms with Crippen molar-refractivity contribution >= 4 is 28.0 Å². The molecule has 1 aromatic heterocycles. The second kappa shape index (κ2) is 7.63. The Morgan fingerprint density at radius 1 is 1.25 bits per heavy atom. The first-order chi connectivity index (χ1) is 13.0. The monoisotopic (exact) mass is 454 g/mol. The first kappa shape index (κ1) is 21.0. The number of ether oxygens (including phenoxy) is 2. The summed E-state index contributed by atoms with van der Waals surface area (Å²) in [6.07, 6.45) is 6.26. The van der Waals surface area contributed by atoms with E-state index in [1.807, 2.05) is 26.8 Å². The highest BCUT2D eigenvalue weighted by molar-refractivity contribution is 9.10. The Bertz CT molecular complexity index is 745. The number of nitrogens with zero attached hydrogens (tertiary/aromatic N) is 2. The van der Waals surface area contributed by atoms with Crippen LogP contribution in [0.15, 0.2) is 22.9 Å². The molecule has 1 amide bonds. The minimum absolute atomic E-state index is 0.0620. The van der Waals surface area contributed by atoms with E-state index >= 15 is 0 Å². The molecule has 1 saturated carbocycles. The largest absolute Gasteiger partial charge is 0.480 e. The van der Waals surface area contributed by atoms with E-state index in [-0.39, 0.29) is 18.1 Å². The molecule has 2 aliphatic rings. The molecule has 1 spiro atoms. The van der Waals surface area contributed by atoms with E-state index in [1.165, 1.54) is 0 Å². The van der Waals surface area contributed by atoms with Crippen molar-refractivity contribution in [3.05, 3.63) is 28.5 Å². The summed E-state index contributed by atoms with van der Waals surface area (Å²) in [7, 11) is 0. The molecule has 7 nitrogen and oxygen atoms in total. The number of amides is 1. The van der Waals surface area contributed by atoms with Crippen LogP contribution in [-0.2, 0) is 19.9 Å². The molecule has 0 unspecified atom stereocenters. The number of carbonyl (C=O) groups is 2. The van der Waals surface area contributed by atoms with Crippen LogP contribution in [0.5, 0.6) is 0 Å². The fraction of sp³-hybridized carbons (Fsp3) is 0.650. The van der Waals surface area contributed by atoms with Gasteiger partial charge < -0.3 is 19.5 Å². The molecule has 0 radical (unpaired) electrons. The van der Waals surface area contributed by atoms with Crippen molar-refractivity contribution in [3.63, 3.8) is 0 Å². The number of carbonyl (C=O) groups excluding carboxylic acids is 1. The van der Waals surface area contributed by atoms with Crippen LogP contribution in [0.3, 0.4) is 0 Å². The average Bonchev–Trinajstić information content (AvgIpc) is 2.57. The molecule has 0 aromatic carbocycles. The Morgan fingerprint density at radius 2 is 1.89 bits per heavy atom. The standard InChI is InChI=1S/C20H27BrN2O5/c1-18(2,3)28-17(26)23-12-19(13-23)5-7-20(8-6-19,27-11-16(24)25)14-4-9-22-10-15(14)21/h4,9-10H,5-8,11-13H2,1-3H3,(H,24,25). The second-order valence-corrected chi connectivity index (χ2v) is 9.72. The molecule has 1 aromatic rings. The van der Waals surface area contributed by atoms with Crippen molar-refractivity contribution in [1.29, 1.82) is 0 Å². The Kier molecular flexibility index (Phi) is 5.74. The molecule has 1 aliphatic heterocycles. The fourth-order valence-electron chi connectivity index (χ4n) is 4.16. The molecule has 8 heteroatoms. The molecule has 0 bridgehead atoms. The summed E-state index contributed by atoms with van der Waals surface area (Å²) < 4.78 is 12.2. The topological polar surface area (TPSA) is 89.0 Å². The zero-order valence-corrected chi connectivity index (χ0v) is 18.1. The second-order valence-electron chi connectivity index (χ2n) is 8.87. The van der Waals surface area contributed by atoms with Crippen LogP contribution >= 0.6 is 15.9 Å². The van der Waals surface area contributed by atoms with Gasteiger partial charge in [0.1, 0.15) is 12.2 Å². The summed E-state index contributed by atoms with van der Waals surface area (Å²) >= 11 is 3.53. The maximum atomic E-state index is 12.2. The average molecular weight is 455 g/mol. The minimum atomic E-state index is -0.982. The quantitative estimate of drug-likeness (QED) is 0.740. The molecule has 3 rings (SSSR count). The Hall–Kier alpha value is -1.67. The van der Waals surface area contributed by atoms with Crippen LogP contribution in [0, 0.1) is 5.41 Å². The van der Waals surface area contributed by atoms with Crippen molar-refractivity contribution in [2.24, 2.45) is 5.41 Å². The van der Waals surface area contributed by atoms with Crippen molar-refractivity contribution in [2.75, 3.05) is 19.7 Å². The molecule has 0 atom stereocenters. The SMILES string of the molecule is CC(C)(C)OC(=O)N1CC2(CCC(OCC(=O)O)(c3ccncc3Br)CC2)C1. The summed E-state index contributed by atoms with van der Waals surface area (Å²) in [4.78, 5) is 29.2. The van der Waals surface area contributed by atoms with Gasteiger partial charge in [-0.3, -0.25) is 4.98 Å². The van der Waals surface area contributed by atoms with Gasteiger partial charge in [0.15, 0.2) is 0 Å². The number of carboxylic acids is 1. The molecule has 2 fully saturated rings. The Labute approximate surface area is 173 Å². The molecule has 28 heavy (non-hydrogen) atoms. The van der Waals surface area contributed by atoms with Crippen LogP contribution in [0.1, 0.15) is 52.0 Å². The first-order valence-corrected chi connectivity index (χ1v) is 10.3. The fourth-order valence-corrected chi connectivity index (χ4v) is 4.77. The number of hydrogen-bond donors (Lipinski definition) is 1. The van der Waals surface area contributed by atoms with Crippen LogP contribution in [0.2, 0.25) is 0 Å². The lowest BCUT2D eigenvalue weighted by Crippen LogP contribution is -2.61. The Morgan fingerprint density at radius 3 is 2.43 bits per heavy atom. The third-order valence-electron chi connectivity index (χ3n) is 5.56. The lowest BCUT2D eigenvalue weighted by molar-refractivity contribution is -0.161. The predicted octanol–water partition coefficient (Wildman–Crippen LogP) is 3.95. The van der Waals surface area contributed by atoms with Gasteiger partial charge in [-0.1, -0.05) is 0 Å². The van der Waals surface area contributed by atoms with E-state index in [9.17, 15) is 9.59 Å². The molecule has 154 valence electrons. The van der Waals surface area contributed by atoms with Gasteiger partial charge in [0.05, 0.1) is 5.60 Å². The van der Waals surface area contributed by atoms with E-state index in [2.05, 4.69) is 20.9 Å². The van der Waals surface area contributed by atoms with Crippen molar-refractivity contribution < 1.29 is 24.2 Å². The van der Waals surface area contributed by atoms with E-state index in [4.69, 9.17) is 14.6 Å². The lowest BCUT2D eigenvalue weighted by Gasteiger charge is -2.55. The van der Waals surface area contributed by atoms with Crippen LogP contribution < -0.4 is 0 Å². The molecule has 2 heterocycles. The summed E-state index contributed by atoms with van der Waals surface area (Å²) in [6, 6.07) is 1.89. The highest BCUT2D eigenvalue weighted by atomic mass is 79.9. The van der Waals surface area contributed by atoms with Crippen molar-refractivity contribution in [1.82, 2.24) is 9.88 Å². The van der Waals surface area contributed by atoms with E-state index < -0.39 is 17.2 Å². The molecular formula is C20H27BrN2O5. The number of carboxylic acid groups (broad SMARTS) is 1. The lowest BCUT2D eigenvalue weighted by atomic mass is 9.63. The van der Waals surface area contributed by atoms with E-state index in [1.54, 1.807) is 17.3 Å². The highest BCUT2D eigenvalue weighted by Crippen LogP contribution is 2.52. The third-order valence-corrected chi connectivity index (χ3v) is 6.19. The van der Waals surface area contributed by atoms with Gasteiger partial charge in [0, 0.05) is 40.9 Å². The van der Waals surface area contributed by atoms with E-state index in [0.717, 1.165) is 22.9 Å². The normalized spacial score (nSPS) is 20.5. The maximum Gasteiger partial charge on any atom is 0.410 e.